The monoisotopic (exact) mass is 377 g/mol. The molecule has 6 rings (SSSR count). The molecule has 1 aromatic heterocycles. The highest BCUT2D eigenvalue weighted by atomic mass is 16.1. The number of hydrogen-bond acceptors (Lipinski definition) is 4. The van der Waals surface area contributed by atoms with Crippen LogP contribution in [0.15, 0.2) is 41.3 Å². The maximum atomic E-state index is 12.2. The molecule has 1 aliphatic heterocycles. The molecule has 4 bridgehead atoms. The quantitative estimate of drug-likeness (QED) is 0.690. The van der Waals surface area contributed by atoms with Crippen molar-refractivity contribution in [3.8, 4) is 0 Å². The third kappa shape index (κ3) is 3.21. The number of nitrogens with zero attached hydrogens (tertiary/aromatic N) is 3. The van der Waals surface area contributed by atoms with Crippen LogP contribution in [0.3, 0.4) is 0 Å². The Morgan fingerprint density at radius 1 is 1.18 bits per heavy atom. The summed E-state index contributed by atoms with van der Waals surface area (Å²) in [5.74, 6) is 2.73. The van der Waals surface area contributed by atoms with E-state index in [1.807, 2.05) is 18.5 Å². The Morgan fingerprint density at radius 2 is 1.89 bits per heavy atom. The Hall–Kier alpha value is -1.97. The molecule has 0 N–H and O–H groups in total. The summed E-state index contributed by atoms with van der Waals surface area (Å²) < 4.78 is 0. The molecule has 0 spiro atoms. The van der Waals surface area contributed by atoms with Crippen LogP contribution in [0.1, 0.15) is 57.4 Å². The summed E-state index contributed by atoms with van der Waals surface area (Å²) in [5, 5.41) is 0. The number of rotatable bonds is 6. The number of aromatic nitrogens is 1. The molecular formula is C24H31N3O. The average molecular weight is 378 g/mol. The van der Waals surface area contributed by atoms with E-state index < -0.39 is 5.41 Å². The minimum absolute atomic E-state index is 0.288. The van der Waals surface area contributed by atoms with Gasteiger partial charge < -0.3 is 9.69 Å². The van der Waals surface area contributed by atoms with Gasteiger partial charge in [0.15, 0.2) is 0 Å². The molecule has 4 aliphatic carbocycles. The summed E-state index contributed by atoms with van der Waals surface area (Å²) in [7, 11) is 0. The lowest BCUT2D eigenvalue weighted by Crippen LogP contribution is -2.60. The zero-order valence-electron chi connectivity index (χ0n) is 16.9. The second-order valence-electron chi connectivity index (χ2n) is 10.2. The molecule has 1 aromatic rings. The van der Waals surface area contributed by atoms with Gasteiger partial charge in [-0.15, -0.1) is 0 Å². The maximum absolute atomic E-state index is 12.2. The first-order valence-corrected chi connectivity index (χ1v) is 10.9. The predicted octanol–water partition coefficient (Wildman–Crippen LogP) is 4.42. The van der Waals surface area contributed by atoms with E-state index in [9.17, 15) is 4.79 Å². The minimum Gasteiger partial charge on any atom is -0.350 e. The van der Waals surface area contributed by atoms with E-state index in [0.29, 0.717) is 0 Å². The fourth-order valence-corrected chi connectivity index (χ4v) is 6.98. The van der Waals surface area contributed by atoms with Crippen molar-refractivity contribution in [2.75, 3.05) is 6.67 Å². The number of carbonyl (C=O) groups excluding carboxylic acids is 1. The van der Waals surface area contributed by atoms with Crippen molar-refractivity contribution in [1.29, 1.82) is 0 Å². The SMILES string of the molecule is CC(C=O)(CC1=CC=NCN1C12CC3CC(CC(C3)C1)C2)Cc1cccnc1. The van der Waals surface area contributed by atoms with Crippen molar-refractivity contribution in [3.63, 3.8) is 0 Å². The average Bonchev–Trinajstić information content (AvgIpc) is 2.68. The summed E-state index contributed by atoms with van der Waals surface area (Å²) >= 11 is 0. The Bertz CT molecular complexity index is 764. The Balaban J connectivity index is 1.39. The molecule has 4 saturated carbocycles. The third-order valence-electron chi connectivity index (χ3n) is 7.72. The number of allylic oxidation sites excluding steroid dienone is 2. The van der Waals surface area contributed by atoms with Gasteiger partial charge in [0, 0.05) is 35.3 Å². The normalized spacial score (nSPS) is 35.5. The molecule has 0 amide bonds. The Kier molecular flexibility index (Phi) is 4.41. The van der Waals surface area contributed by atoms with Crippen LogP contribution in [0.25, 0.3) is 0 Å². The molecule has 4 heteroatoms. The molecule has 4 fully saturated rings. The van der Waals surface area contributed by atoms with Crippen LogP contribution in [0.4, 0.5) is 0 Å². The van der Waals surface area contributed by atoms with E-state index in [-0.39, 0.29) is 5.54 Å². The van der Waals surface area contributed by atoms with E-state index in [0.717, 1.165) is 49.1 Å². The van der Waals surface area contributed by atoms with Gasteiger partial charge in [0.25, 0.3) is 0 Å². The van der Waals surface area contributed by atoms with Crippen LogP contribution in [-0.2, 0) is 11.2 Å². The van der Waals surface area contributed by atoms with Crippen molar-refractivity contribution in [1.82, 2.24) is 9.88 Å². The third-order valence-corrected chi connectivity index (χ3v) is 7.72. The summed E-state index contributed by atoms with van der Waals surface area (Å²) in [6.45, 7) is 2.86. The fraction of sp³-hybridized carbons (Fsp3) is 0.625. The molecule has 4 nitrogen and oxygen atoms in total. The first-order chi connectivity index (χ1) is 13.6. The number of hydrogen-bond donors (Lipinski definition) is 0. The molecule has 5 aliphatic rings. The van der Waals surface area contributed by atoms with Crippen molar-refractivity contribution >= 4 is 12.5 Å². The van der Waals surface area contributed by atoms with Gasteiger partial charge >= 0.3 is 0 Å². The second kappa shape index (κ2) is 6.82. The zero-order chi connectivity index (χ0) is 19.2. The van der Waals surface area contributed by atoms with E-state index in [1.165, 1.54) is 44.2 Å². The zero-order valence-corrected chi connectivity index (χ0v) is 16.9. The number of aliphatic imine (C=N–C) groups is 1. The largest absolute Gasteiger partial charge is 0.350 e. The molecule has 1 unspecified atom stereocenters. The van der Waals surface area contributed by atoms with E-state index in [2.05, 4.69) is 33.9 Å². The van der Waals surface area contributed by atoms with Gasteiger partial charge in [-0.3, -0.25) is 9.98 Å². The maximum Gasteiger partial charge on any atom is 0.126 e. The van der Waals surface area contributed by atoms with Gasteiger partial charge in [-0.25, -0.2) is 0 Å². The summed E-state index contributed by atoms with van der Waals surface area (Å²) in [4.78, 5) is 23.6. The van der Waals surface area contributed by atoms with E-state index in [1.54, 1.807) is 6.20 Å². The molecule has 148 valence electrons. The van der Waals surface area contributed by atoms with Gasteiger partial charge in [0.2, 0.25) is 0 Å². The molecule has 1 atom stereocenters. The van der Waals surface area contributed by atoms with Crippen LogP contribution in [0.2, 0.25) is 0 Å². The van der Waals surface area contributed by atoms with Gasteiger partial charge in [-0.1, -0.05) is 13.0 Å². The van der Waals surface area contributed by atoms with E-state index >= 15 is 0 Å². The highest BCUT2D eigenvalue weighted by Gasteiger charge is 2.54. The van der Waals surface area contributed by atoms with Gasteiger partial charge in [-0.05, 0) is 86.8 Å². The van der Waals surface area contributed by atoms with Crippen molar-refractivity contribution < 1.29 is 4.79 Å². The van der Waals surface area contributed by atoms with Crippen molar-refractivity contribution in [2.24, 2.45) is 28.2 Å². The van der Waals surface area contributed by atoms with Crippen LogP contribution in [-0.4, -0.2) is 34.6 Å². The molecule has 2 heterocycles. The first-order valence-electron chi connectivity index (χ1n) is 10.9. The lowest BCUT2D eigenvalue weighted by atomic mass is 9.52. The molecule has 28 heavy (non-hydrogen) atoms. The Morgan fingerprint density at radius 3 is 2.50 bits per heavy atom. The lowest BCUT2D eigenvalue weighted by Gasteiger charge is -2.61. The topological polar surface area (TPSA) is 45.6 Å². The Labute approximate surface area is 168 Å². The molecule has 0 saturated heterocycles. The number of aldehydes is 1. The van der Waals surface area contributed by atoms with Gasteiger partial charge in [-0.2, -0.15) is 0 Å². The van der Waals surface area contributed by atoms with Crippen LogP contribution >= 0.6 is 0 Å². The minimum atomic E-state index is -0.416. The summed E-state index contributed by atoms with van der Waals surface area (Å²) in [6.07, 6.45) is 18.8. The van der Waals surface area contributed by atoms with Gasteiger partial charge in [0.1, 0.15) is 13.0 Å². The summed E-state index contributed by atoms with van der Waals surface area (Å²) in [5.41, 5.74) is 2.32. The number of pyridine rings is 1. The fourth-order valence-electron chi connectivity index (χ4n) is 6.98. The molecule has 0 aromatic carbocycles. The highest BCUT2D eigenvalue weighted by molar-refractivity contribution is 5.73. The lowest BCUT2D eigenvalue weighted by molar-refractivity contribution is -0.116. The van der Waals surface area contributed by atoms with Crippen LogP contribution < -0.4 is 0 Å². The smallest absolute Gasteiger partial charge is 0.126 e. The first kappa shape index (κ1) is 18.1. The standard InChI is InChI=1S/C24H31N3O/c1-23(16-28,10-18-3-2-5-25-15-18)14-22-4-6-26-17-27(22)24-11-19-7-20(12-24)9-21(8-19)13-24/h2-6,15-16,19-21H,7-14,17H2,1H3. The van der Waals surface area contributed by atoms with Crippen molar-refractivity contribution in [2.45, 2.75) is 63.8 Å². The van der Waals surface area contributed by atoms with Crippen LogP contribution in [0.5, 0.6) is 0 Å². The van der Waals surface area contributed by atoms with Crippen LogP contribution in [0, 0.1) is 23.2 Å². The van der Waals surface area contributed by atoms with Gasteiger partial charge in [0.05, 0.1) is 0 Å². The van der Waals surface area contributed by atoms with E-state index in [4.69, 9.17) is 0 Å². The second-order valence-corrected chi connectivity index (χ2v) is 10.2. The van der Waals surface area contributed by atoms with Crippen molar-refractivity contribution in [3.05, 3.63) is 41.9 Å². The number of carbonyl (C=O) groups is 1. The highest BCUT2D eigenvalue weighted by Crippen LogP contribution is 2.58. The predicted molar refractivity (Wildman–Crippen MR) is 111 cm³/mol. The molecular weight excluding hydrogens is 346 g/mol. The summed E-state index contributed by atoms with van der Waals surface area (Å²) in [6, 6.07) is 4.02. The molecule has 0 radical (unpaired) electrons.